The Balaban J connectivity index is 3.28. The van der Waals surface area contributed by atoms with Gasteiger partial charge in [0.15, 0.2) is 0 Å². The summed E-state index contributed by atoms with van der Waals surface area (Å²) >= 11 is 0. The average Bonchev–Trinajstić information content (AvgIpc) is 2.37. The van der Waals surface area contributed by atoms with E-state index in [1.807, 2.05) is 0 Å². The summed E-state index contributed by atoms with van der Waals surface area (Å²) in [6.45, 7) is -0.00245. The molecule has 1 heterocycles. The zero-order valence-corrected chi connectivity index (χ0v) is 9.61. The smallest absolute Gasteiger partial charge is 0.311 e. The first kappa shape index (κ1) is 14.0. The molecule has 0 bridgehead atoms. The zero-order chi connectivity index (χ0) is 13.7. The Morgan fingerprint density at radius 3 is 2.78 bits per heavy atom. The van der Waals surface area contributed by atoms with Crippen LogP contribution < -0.4 is 5.73 Å². The second-order valence-electron chi connectivity index (χ2n) is 3.40. The molecule has 5 nitrogen and oxygen atoms in total. The number of nitrogens with zero attached hydrogens (tertiary/aromatic N) is 2. The first-order valence-corrected chi connectivity index (χ1v) is 5.01. The number of rotatable bonds is 4. The van der Waals surface area contributed by atoms with E-state index in [2.05, 4.69) is 9.72 Å². The van der Waals surface area contributed by atoms with Crippen molar-refractivity contribution in [1.29, 1.82) is 5.26 Å². The van der Waals surface area contributed by atoms with Crippen LogP contribution in [0.25, 0.3) is 0 Å². The Morgan fingerprint density at radius 2 is 2.33 bits per heavy atom. The van der Waals surface area contributed by atoms with Gasteiger partial charge in [-0.05, 0) is 11.6 Å². The number of nitriles is 1. The minimum absolute atomic E-state index is 0.00245. The number of methoxy groups -OCH3 is 1. The number of hydrogen-bond donors (Lipinski definition) is 1. The van der Waals surface area contributed by atoms with Crippen molar-refractivity contribution in [2.45, 2.75) is 19.4 Å². The van der Waals surface area contributed by atoms with Gasteiger partial charge in [-0.2, -0.15) is 5.26 Å². The summed E-state index contributed by atoms with van der Waals surface area (Å²) in [4.78, 5) is 14.8. The number of aromatic nitrogens is 1. The molecule has 0 saturated heterocycles. The molecule has 0 spiro atoms. The van der Waals surface area contributed by atoms with Crippen LogP contribution in [0.1, 0.15) is 28.9 Å². The average molecular weight is 255 g/mol. The Kier molecular flexibility index (Phi) is 4.68. The lowest BCUT2D eigenvalue weighted by atomic mass is 10.1. The van der Waals surface area contributed by atoms with Gasteiger partial charge >= 0.3 is 5.97 Å². The monoisotopic (exact) mass is 255 g/mol. The van der Waals surface area contributed by atoms with E-state index in [1.165, 1.54) is 13.2 Å². The molecule has 0 aliphatic heterocycles. The Bertz CT molecular complexity index is 498. The molecule has 0 fully saturated rings. The number of carbonyl (C=O) groups excluding carboxylic acids is 1. The molecule has 18 heavy (non-hydrogen) atoms. The molecular formula is C11H11F2N3O2. The van der Waals surface area contributed by atoms with Crippen LogP contribution in [-0.2, 0) is 22.5 Å². The van der Waals surface area contributed by atoms with Crippen LogP contribution in [-0.4, -0.2) is 18.1 Å². The van der Waals surface area contributed by atoms with Gasteiger partial charge in [0, 0.05) is 6.54 Å². The molecule has 1 rings (SSSR count). The van der Waals surface area contributed by atoms with Gasteiger partial charge < -0.3 is 10.5 Å². The molecule has 0 unspecified atom stereocenters. The van der Waals surface area contributed by atoms with Gasteiger partial charge in [-0.15, -0.1) is 0 Å². The number of esters is 1. The lowest BCUT2D eigenvalue weighted by molar-refractivity contribution is -0.139. The first-order valence-electron chi connectivity index (χ1n) is 5.01. The van der Waals surface area contributed by atoms with Crippen LogP contribution in [0, 0.1) is 11.3 Å². The summed E-state index contributed by atoms with van der Waals surface area (Å²) in [7, 11) is 1.18. The molecular weight excluding hydrogens is 244 g/mol. The molecule has 0 amide bonds. The number of carbonyl (C=O) groups is 1. The largest absolute Gasteiger partial charge is 0.469 e. The molecule has 1 aromatic heterocycles. The minimum atomic E-state index is -2.89. The highest BCUT2D eigenvalue weighted by molar-refractivity contribution is 5.72. The lowest BCUT2D eigenvalue weighted by Gasteiger charge is -2.10. The summed E-state index contributed by atoms with van der Waals surface area (Å²) < 4.78 is 29.8. The number of alkyl halides is 2. The maximum atomic E-state index is 12.7. The van der Waals surface area contributed by atoms with Crippen molar-refractivity contribution in [3.05, 3.63) is 28.6 Å². The van der Waals surface area contributed by atoms with Crippen molar-refractivity contribution in [3.8, 4) is 6.07 Å². The zero-order valence-electron chi connectivity index (χ0n) is 9.61. The number of pyridine rings is 1. The normalized spacial score (nSPS) is 10.2. The van der Waals surface area contributed by atoms with Crippen LogP contribution in [0.2, 0.25) is 0 Å². The van der Waals surface area contributed by atoms with Gasteiger partial charge in [0.05, 0.1) is 24.8 Å². The molecule has 1 aromatic rings. The summed E-state index contributed by atoms with van der Waals surface area (Å²) in [6, 6.07) is 2.86. The highest BCUT2D eigenvalue weighted by Gasteiger charge is 2.19. The Labute approximate surface area is 102 Å². The molecule has 96 valence electrons. The number of ether oxygens (including phenoxy) is 1. The van der Waals surface area contributed by atoms with E-state index >= 15 is 0 Å². The second-order valence-corrected chi connectivity index (χ2v) is 3.40. The minimum Gasteiger partial charge on any atom is -0.469 e. The van der Waals surface area contributed by atoms with E-state index in [9.17, 15) is 13.6 Å². The topological polar surface area (TPSA) is 89.0 Å². The van der Waals surface area contributed by atoms with E-state index in [0.717, 1.165) is 0 Å². The van der Waals surface area contributed by atoms with E-state index in [4.69, 9.17) is 11.0 Å². The number of hydrogen-bond acceptors (Lipinski definition) is 5. The van der Waals surface area contributed by atoms with Gasteiger partial charge in [0.1, 0.15) is 11.8 Å². The highest BCUT2D eigenvalue weighted by atomic mass is 19.3. The fraction of sp³-hybridized carbons (Fsp3) is 0.364. The summed E-state index contributed by atoms with van der Waals surface area (Å²) in [6.07, 6.45) is -3.14. The molecule has 2 N–H and O–H groups in total. The van der Waals surface area contributed by atoms with Gasteiger partial charge in [0.2, 0.25) is 0 Å². The standard InChI is InChI=1S/C11H11F2N3O2/c1-18-9(17)3-8-6(4-14)2-7(5-15)10(16-8)11(12)13/h2,11H,3-4,14H2,1H3. The van der Waals surface area contributed by atoms with Gasteiger partial charge in [0.25, 0.3) is 6.43 Å². The fourth-order valence-electron chi connectivity index (χ4n) is 1.40. The van der Waals surface area contributed by atoms with Crippen LogP contribution >= 0.6 is 0 Å². The van der Waals surface area contributed by atoms with Gasteiger partial charge in [-0.25, -0.2) is 13.8 Å². The second kappa shape index (κ2) is 6.02. The van der Waals surface area contributed by atoms with Crippen LogP contribution in [0.15, 0.2) is 6.07 Å². The van der Waals surface area contributed by atoms with Gasteiger partial charge in [-0.3, -0.25) is 4.79 Å². The summed E-state index contributed by atoms with van der Waals surface area (Å²) in [5.41, 5.74) is 5.03. The predicted octanol–water partition coefficient (Wildman–Crippen LogP) is 1.07. The third kappa shape index (κ3) is 2.99. The SMILES string of the molecule is COC(=O)Cc1nc(C(F)F)c(C#N)cc1CN. The van der Waals surface area contributed by atoms with Crippen molar-refractivity contribution < 1.29 is 18.3 Å². The van der Waals surface area contributed by atoms with Crippen molar-refractivity contribution in [3.63, 3.8) is 0 Å². The molecule has 0 saturated carbocycles. The van der Waals surface area contributed by atoms with Crippen LogP contribution in [0.5, 0.6) is 0 Å². The quantitative estimate of drug-likeness (QED) is 0.813. The van der Waals surface area contributed by atoms with Crippen LogP contribution in [0.3, 0.4) is 0 Å². The maximum absolute atomic E-state index is 12.7. The molecule has 0 aliphatic rings. The predicted molar refractivity (Wildman–Crippen MR) is 57.5 cm³/mol. The first-order chi connectivity index (χ1) is 8.53. The Morgan fingerprint density at radius 1 is 1.67 bits per heavy atom. The maximum Gasteiger partial charge on any atom is 0.311 e. The lowest BCUT2D eigenvalue weighted by Crippen LogP contribution is -2.13. The highest BCUT2D eigenvalue weighted by Crippen LogP contribution is 2.23. The van der Waals surface area contributed by atoms with Crippen molar-refractivity contribution >= 4 is 5.97 Å². The fourth-order valence-corrected chi connectivity index (χ4v) is 1.40. The molecule has 0 aromatic carbocycles. The third-order valence-corrected chi connectivity index (χ3v) is 2.31. The molecule has 0 aliphatic carbocycles. The van der Waals surface area contributed by atoms with Crippen LogP contribution in [0.4, 0.5) is 8.78 Å². The van der Waals surface area contributed by atoms with E-state index < -0.39 is 18.1 Å². The van der Waals surface area contributed by atoms with Crippen molar-refractivity contribution in [2.24, 2.45) is 5.73 Å². The number of halogens is 2. The summed E-state index contributed by atoms with van der Waals surface area (Å²) in [5, 5.41) is 8.75. The Hall–Kier alpha value is -2.07. The number of nitrogens with two attached hydrogens (primary N) is 1. The summed E-state index contributed by atoms with van der Waals surface area (Å²) in [5.74, 6) is -0.609. The van der Waals surface area contributed by atoms with E-state index in [0.29, 0.717) is 5.56 Å². The van der Waals surface area contributed by atoms with E-state index in [-0.39, 0.29) is 24.2 Å². The molecule has 0 radical (unpaired) electrons. The molecule has 7 heteroatoms. The van der Waals surface area contributed by atoms with Crippen molar-refractivity contribution in [1.82, 2.24) is 4.98 Å². The molecule has 0 atom stereocenters. The third-order valence-electron chi connectivity index (χ3n) is 2.31. The van der Waals surface area contributed by atoms with Crippen molar-refractivity contribution in [2.75, 3.05) is 7.11 Å². The van der Waals surface area contributed by atoms with E-state index in [1.54, 1.807) is 6.07 Å². The van der Waals surface area contributed by atoms with Gasteiger partial charge in [-0.1, -0.05) is 0 Å².